The molecule has 94 valence electrons. The van der Waals surface area contributed by atoms with Crippen LogP contribution in [0.1, 0.15) is 19.8 Å². The maximum Gasteiger partial charge on any atom is 0.224 e. The smallest absolute Gasteiger partial charge is 0.224 e. The lowest BCUT2D eigenvalue weighted by atomic mass is 10.2. The number of nitrogens with one attached hydrogen (secondary N) is 1. The lowest BCUT2D eigenvalue weighted by Gasteiger charge is -2.10. The summed E-state index contributed by atoms with van der Waals surface area (Å²) in [6.07, 6.45) is 1.09. The van der Waals surface area contributed by atoms with Gasteiger partial charge in [0, 0.05) is 23.0 Å². The van der Waals surface area contributed by atoms with E-state index in [1.54, 1.807) is 13.2 Å². The van der Waals surface area contributed by atoms with Crippen molar-refractivity contribution < 1.29 is 9.53 Å². The third kappa shape index (κ3) is 4.75. The average Bonchev–Trinajstić information content (AvgIpc) is 2.29. The molecule has 1 rings (SSSR count). The molecule has 3 N–H and O–H groups in total. The zero-order valence-electron chi connectivity index (χ0n) is 10.00. The first kappa shape index (κ1) is 14.0. The van der Waals surface area contributed by atoms with Crippen molar-refractivity contribution in [3.05, 3.63) is 22.7 Å². The van der Waals surface area contributed by atoms with Gasteiger partial charge in [0.1, 0.15) is 5.75 Å². The Kier molecular flexibility index (Phi) is 5.44. The topological polar surface area (TPSA) is 64.3 Å². The second-order valence-electron chi connectivity index (χ2n) is 3.91. The molecule has 17 heavy (non-hydrogen) atoms. The summed E-state index contributed by atoms with van der Waals surface area (Å²) >= 11 is 3.37. The van der Waals surface area contributed by atoms with Gasteiger partial charge >= 0.3 is 0 Å². The van der Waals surface area contributed by atoms with Crippen molar-refractivity contribution in [2.45, 2.75) is 25.8 Å². The number of ether oxygens (including phenoxy) is 1. The Balaban J connectivity index is 2.64. The van der Waals surface area contributed by atoms with Crippen LogP contribution in [0.4, 0.5) is 5.69 Å². The second-order valence-corrected chi connectivity index (χ2v) is 4.76. The monoisotopic (exact) mass is 300 g/mol. The molecule has 4 nitrogen and oxygen atoms in total. The van der Waals surface area contributed by atoms with Gasteiger partial charge in [-0.3, -0.25) is 4.79 Å². The number of halogens is 1. The zero-order chi connectivity index (χ0) is 12.8. The summed E-state index contributed by atoms with van der Waals surface area (Å²) in [5, 5.41) is 2.82. The van der Waals surface area contributed by atoms with Crippen LogP contribution in [0.15, 0.2) is 22.7 Å². The van der Waals surface area contributed by atoms with Crippen LogP contribution in [0.3, 0.4) is 0 Å². The molecule has 1 aromatic rings. The minimum Gasteiger partial charge on any atom is -0.497 e. The van der Waals surface area contributed by atoms with E-state index in [-0.39, 0.29) is 11.9 Å². The van der Waals surface area contributed by atoms with Gasteiger partial charge in [-0.25, -0.2) is 0 Å². The fourth-order valence-electron chi connectivity index (χ4n) is 1.30. The summed E-state index contributed by atoms with van der Waals surface area (Å²) in [7, 11) is 1.59. The third-order valence-corrected chi connectivity index (χ3v) is 2.97. The molecule has 0 radical (unpaired) electrons. The van der Waals surface area contributed by atoms with Crippen LogP contribution in [0, 0.1) is 0 Å². The van der Waals surface area contributed by atoms with Crippen molar-refractivity contribution in [2.75, 3.05) is 12.4 Å². The Labute approximate surface area is 110 Å². The highest BCUT2D eigenvalue weighted by atomic mass is 79.9. The zero-order valence-corrected chi connectivity index (χ0v) is 11.6. The number of benzene rings is 1. The summed E-state index contributed by atoms with van der Waals surface area (Å²) in [4.78, 5) is 11.6. The summed E-state index contributed by atoms with van der Waals surface area (Å²) in [5.41, 5.74) is 6.31. The van der Waals surface area contributed by atoms with E-state index in [4.69, 9.17) is 10.5 Å². The van der Waals surface area contributed by atoms with E-state index in [0.29, 0.717) is 24.3 Å². The number of anilines is 1. The van der Waals surface area contributed by atoms with Gasteiger partial charge in [0.2, 0.25) is 5.91 Å². The van der Waals surface area contributed by atoms with Crippen LogP contribution in [0.2, 0.25) is 0 Å². The van der Waals surface area contributed by atoms with E-state index in [2.05, 4.69) is 21.2 Å². The largest absolute Gasteiger partial charge is 0.497 e. The van der Waals surface area contributed by atoms with Crippen molar-refractivity contribution in [1.29, 1.82) is 0 Å². The molecule has 1 atom stereocenters. The molecule has 5 heteroatoms. The van der Waals surface area contributed by atoms with Crippen LogP contribution in [-0.4, -0.2) is 19.1 Å². The van der Waals surface area contributed by atoms with Crippen LogP contribution in [0.25, 0.3) is 0 Å². The highest BCUT2D eigenvalue weighted by Gasteiger charge is 2.07. The Bertz CT molecular complexity index is 394. The molecule has 0 bridgehead atoms. The van der Waals surface area contributed by atoms with E-state index in [9.17, 15) is 4.79 Å². The predicted octanol–water partition coefficient (Wildman–Crippen LogP) is 2.52. The number of hydrogen-bond acceptors (Lipinski definition) is 3. The number of hydrogen-bond donors (Lipinski definition) is 2. The minimum atomic E-state index is -0.0451. The molecule has 0 fully saturated rings. The van der Waals surface area contributed by atoms with Gasteiger partial charge < -0.3 is 15.8 Å². The second kappa shape index (κ2) is 6.61. The number of amides is 1. The normalized spacial score (nSPS) is 12.0. The Morgan fingerprint density at radius 2 is 2.29 bits per heavy atom. The summed E-state index contributed by atoms with van der Waals surface area (Å²) in [6, 6.07) is 5.46. The number of rotatable bonds is 5. The first-order valence-electron chi connectivity index (χ1n) is 5.42. The van der Waals surface area contributed by atoms with E-state index in [0.717, 1.165) is 4.47 Å². The number of nitrogens with two attached hydrogens (primary N) is 1. The third-order valence-electron chi connectivity index (χ3n) is 2.27. The number of carbonyl (C=O) groups excluding carboxylic acids is 1. The molecule has 0 spiro atoms. The lowest BCUT2D eigenvalue weighted by molar-refractivity contribution is -0.116. The summed E-state index contributed by atoms with van der Waals surface area (Å²) < 4.78 is 5.92. The molecule has 0 aliphatic rings. The van der Waals surface area contributed by atoms with Gasteiger partial charge in [-0.2, -0.15) is 0 Å². The van der Waals surface area contributed by atoms with Crippen LogP contribution in [0.5, 0.6) is 5.75 Å². The number of methoxy groups -OCH3 is 1. The highest BCUT2D eigenvalue weighted by Crippen LogP contribution is 2.27. The molecule has 1 aromatic carbocycles. The molecule has 1 unspecified atom stereocenters. The maximum absolute atomic E-state index is 11.6. The van der Waals surface area contributed by atoms with Crippen molar-refractivity contribution in [1.82, 2.24) is 0 Å². The van der Waals surface area contributed by atoms with E-state index < -0.39 is 0 Å². The molecule has 0 heterocycles. The molecule has 0 aromatic heterocycles. The molecule has 0 saturated carbocycles. The molecular formula is C12H17BrN2O2. The lowest BCUT2D eigenvalue weighted by Crippen LogP contribution is -2.19. The molecule has 0 aliphatic heterocycles. The van der Waals surface area contributed by atoms with Gasteiger partial charge in [0.05, 0.1) is 12.8 Å². The van der Waals surface area contributed by atoms with E-state index >= 15 is 0 Å². The fraction of sp³-hybridized carbons (Fsp3) is 0.417. The van der Waals surface area contributed by atoms with Crippen LogP contribution >= 0.6 is 15.9 Å². The first-order chi connectivity index (χ1) is 8.02. The van der Waals surface area contributed by atoms with Gasteiger partial charge in [-0.1, -0.05) is 0 Å². The minimum absolute atomic E-state index is 0.0366. The van der Waals surface area contributed by atoms with E-state index in [1.165, 1.54) is 0 Å². The average molecular weight is 301 g/mol. The standard InChI is InChI=1S/C12H17BrN2O2/c1-8(14)3-6-12(16)15-11-7-9(17-2)4-5-10(11)13/h4-5,7-8H,3,6,14H2,1-2H3,(H,15,16). The van der Waals surface area contributed by atoms with Crippen molar-refractivity contribution in [3.8, 4) is 5.75 Å². The number of carbonyl (C=O) groups is 1. The van der Waals surface area contributed by atoms with Crippen LogP contribution < -0.4 is 15.8 Å². The van der Waals surface area contributed by atoms with Gasteiger partial charge in [0.25, 0.3) is 0 Å². The Morgan fingerprint density at radius 3 is 2.88 bits per heavy atom. The van der Waals surface area contributed by atoms with Crippen molar-refractivity contribution in [3.63, 3.8) is 0 Å². The Hall–Kier alpha value is -1.07. The fourth-order valence-corrected chi connectivity index (χ4v) is 1.64. The van der Waals surface area contributed by atoms with Gasteiger partial charge in [-0.15, -0.1) is 0 Å². The van der Waals surface area contributed by atoms with E-state index in [1.807, 2.05) is 19.1 Å². The van der Waals surface area contributed by atoms with Gasteiger partial charge in [-0.05, 0) is 41.4 Å². The summed E-state index contributed by atoms with van der Waals surface area (Å²) in [6.45, 7) is 1.88. The van der Waals surface area contributed by atoms with Crippen LogP contribution in [-0.2, 0) is 4.79 Å². The molecule has 0 aliphatic carbocycles. The maximum atomic E-state index is 11.6. The molecule has 1 amide bonds. The summed E-state index contributed by atoms with van der Waals surface area (Å²) in [5.74, 6) is 0.659. The first-order valence-corrected chi connectivity index (χ1v) is 6.21. The Morgan fingerprint density at radius 1 is 1.59 bits per heavy atom. The predicted molar refractivity (Wildman–Crippen MR) is 72.2 cm³/mol. The van der Waals surface area contributed by atoms with Crippen molar-refractivity contribution >= 4 is 27.5 Å². The highest BCUT2D eigenvalue weighted by molar-refractivity contribution is 9.10. The van der Waals surface area contributed by atoms with Gasteiger partial charge in [0.15, 0.2) is 0 Å². The molecular weight excluding hydrogens is 284 g/mol. The molecule has 0 saturated heterocycles. The van der Waals surface area contributed by atoms with Crippen molar-refractivity contribution in [2.24, 2.45) is 5.73 Å². The quantitative estimate of drug-likeness (QED) is 0.878. The SMILES string of the molecule is COc1ccc(Br)c(NC(=O)CCC(C)N)c1.